The van der Waals surface area contributed by atoms with Gasteiger partial charge in [-0.2, -0.15) is 0 Å². The van der Waals surface area contributed by atoms with E-state index in [-0.39, 0.29) is 18.3 Å². The highest BCUT2D eigenvalue weighted by Gasteiger charge is 2.14. The molecular weight excluding hydrogens is 204 g/mol. The van der Waals surface area contributed by atoms with Crippen molar-refractivity contribution in [3.63, 3.8) is 0 Å². The second kappa shape index (κ2) is 6.28. The third-order valence-corrected chi connectivity index (χ3v) is 2.55. The van der Waals surface area contributed by atoms with Gasteiger partial charge in [0.25, 0.3) is 0 Å². The fourth-order valence-corrected chi connectivity index (χ4v) is 1.23. The van der Waals surface area contributed by atoms with Crippen LogP contribution in [0.25, 0.3) is 0 Å². The maximum atomic E-state index is 11.4. The summed E-state index contributed by atoms with van der Waals surface area (Å²) in [7, 11) is 0. The average molecular weight is 222 g/mol. The lowest BCUT2D eigenvalue weighted by atomic mass is 10.0. The van der Waals surface area contributed by atoms with Crippen molar-refractivity contribution >= 4 is 5.97 Å². The van der Waals surface area contributed by atoms with Crippen molar-refractivity contribution in [1.29, 1.82) is 0 Å². The highest BCUT2D eigenvalue weighted by Crippen LogP contribution is 2.09. The number of aliphatic hydroxyl groups excluding tert-OH is 1. The molecule has 0 saturated heterocycles. The third-order valence-electron chi connectivity index (χ3n) is 2.55. The smallest absolute Gasteiger partial charge is 0.306 e. The number of benzene rings is 1. The van der Waals surface area contributed by atoms with Crippen LogP contribution in [-0.2, 0) is 16.1 Å². The molecule has 0 amide bonds. The minimum atomic E-state index is -0.482. The van der Waals surface area contributed by atoms with Gasteiger partial charge < -0.3 is 9.84 Å². The number of rotatable bonds is 5. The summed E-state index contributed by atoms with van der Waals surface area (Å²) >= 11 is 0. The molecule has 0 bridgehead atoms. The first-order chi connectivity index (χ1) is 7.59. The molecular formula is C13H18O3. The molecule has 0 spiro atoms. The zero-order chi connectivity index (χ0) is 12.0. The largest absolute Gasteiger partial charge is 0.461 e. The molecule has 0 aliphatic carbocycles. The molecule has 2 atom stereocenters. The maximum absolute atomic E-state index is 11.4. The van der Waals surface area contributed by atoms with Crippen LogP contribution in [0.1, 0.15) is 25.8 Å². The molecule has 16 heavy (non-hydrogen) atoms. The van der Waals surface area contributed by atoms with Crippen molar-refractivity contribution in [2.75, 3.05) is 0 Å². The average Bonchev–Trinajstić information content (AvgIpc) is 2.27. The number of aliphatic hydroxyl groups is 1. The molecule has 88 valence electrons. The van der Waals surface area contributed by atoms with Crippen LogP contribution in [0, 0.1) is 5.92 Å². The second-order valence-corrected chi connectivity index (χ2v) is 4.07. The van der Waals surface area contributed by atoms with Crippen molar-refractivity contribution < 1.29 is 14.6 Å². The zero-order valence-corrected chi connectivity index (χ0v) is 9.72. The highest BCUT2D eigenvalue weighted by atomic mass is 16.5. The molecule has 0 fully saturated rings. The molecule has 3 heteroatoms. The maximum Gasteiger partial charge on any atom is 0.306 e. The summed E-state index contributed by atoms with van der Waals surface area (Å²) in [4.78, 5) is 11.4. The van der Waals surface area contributed by atoms with E-state index in [0.29, 0.717) is 6.61 Å². The summed E-state index contributed by atoms with van der Waals surface area (Å²) in [6.07, 6.45) is -0.228. The van der Waals surface area contributed by atoms with Gasteiger partial charge in [-0.05, 0) is 18.4 Å². The van der Waals surface area contributed by atoms with Gasteiger partial charge in [0.05, 0.1) is 12.5 Å². The Bertz CT molecular complexity index is 319. The van der Waals surface area contributed by atoms with Crippen LogP contribution in [0.3, 0.4) is 0 Å². The molecule has 0 aromatic heterocycles. The lowest BCUT2D eigenvalue weighted by molar-refractivity contribution is -0.146. The summed E-state index contributed by atoms with van der Waals surface area (Å²) in [5.41, 5.74) is 0.973. The second-order valence-electron chi connectivity index (χ2n) is 4.07. The molecule has 1 N–H and O–H groups in total. The van der Waals surface area contributed by atoms with E-state index in [1.165, 1.54) is 0 Å². The van der Waals surface area contributed by atoms with Crippen LogP contribution in [0.4, 0.5) is 0 Å². The Labute approximate surface area is 96.1 Å². The van der Waals surface area contributed by atoms with Crippen molar-refractivity contribution in [3.05, 3.63) is 35.9 Å². The molecule has 1 unspecified atom stereocenters. The van der Waals surface area contributed by atoms with Gasteiger partial charge in [-0.25, -0.2) is 0 Å². The summed E-state index contributed by atoms with van der Waals surface area (Å²) in [5.74, 6) is -0.333. The van der Waals surface area contributed by atoms with E-state index in [1.807, 2.05) is 37.3 Å². The summed E-state index contributed by atoms with van der Waals surface area (Å²) in [6.45, 7) is 3.80. The van der Waals surface area contributed by atoms with Crippen LogP contribution in [-0.4, -0.2) is 17.2 Å². The number of ether oxygens (including phenoxy) is 1. The lowest BCUT2D eigenvalue weighted by Gasteiger charge is -2.13. The van der Waals surface area contributed by atoms with Crippen molar-refractivity contribution in [2.24, 2.45) is 5.92 Å². The Kier molecular flexibility index (Phi) is 4.99. The van der Waals surface area contributed by atoms with Crippen LogP contribution in [0.5, 0.6) is 0 Å². The van der Waals surface area contributed by atoms with Crippen LogP contribution < -0.4 is 0 Å². The quantitative estimate of drug-likeness (QED) is 0.776. The Morgan fingerprint density at radius 3 is 2.50 bits per heavy atom. The lowest BCUT2D eigenvalue weighted by Crippen LogP contribution is -2.18. The Balaban J connectivity index is 2.31. The molecule has 0 aliphatic heterocycles. The molecule has 1 rings (SSSR count). The van der Waals surface area contributed by atoms with Gasteiger partial charge in [0.1, 0.15) is 6.61 Å². The zero-order valence-electron chi connectivity index (χ0n) is 9.72. The van der Waals surface area contributed by atoms with Crippen molar-refractivity contribution in [2.45, 2.75) is 33.0 Å². The topological polar surface area (TPSA) is 46.5 Å². The standard InChI is InChI=1S/C13H18O3/c1-10(11(2)14)8-13(15)16-9-12-6-4-3-5-7-12/h3-7,10-11,14H,8-9H2,1-2H3/t10-,11?/m1/s1. The van der Waals surface area contributed by atoms with E-state index in [2.05, 4.69) is 0 Å². The predicted molar refractivity (Wildman–Crippen MR) is 61.7 cm³/mol. The van der Waals surface area contributed by atoms with E-state index in [9.17, 15) is 9.90 Å². The molecule has 3 nitrogen and oxygen atoms in total. The van der Waals surface area contributed by atoms with Crippen molar-refractivity contribution in [3.8, 4) is 0 Å². The fourth-order valence-electron chi connectivity index (χ4n) is 1.23. The fraction of sp³-hybridized carbons (Fsp3) is 0.462. The number of esters is 1. The molecule has 1 aromatic rings. The van der Waals surface area contributed by atoms with Crippen LogP contribution in [0.15, 0.2) is 30.3 Å². The summed E-state index contributed by atoms with van der Waals surface area (Å²) < 4.78 is 5.10. The first-order valence-corrected chi connectivity index (χ1v) is 5.47. The third kappa shape index (κ3) is 4.45. The monoisotopic (exact) mass is 222 g/mol. The Morgan fingerprint density at radius 2 is 1.94 bits per heavy atom. The Morgan fingerprint density at radius 1 is 1.31 bits per heavy atom. The van der Waals surface area contributed by atoms with Gasteiger partial charge in [-0.15, -0.1) is 0 Å². The molecule has 0 radical (unpaired) electrons. The van der Waals surface area contributed by atoms with Gasteiger partial charge >= 0.3 is 5.97 Å². The number of carbonyl (C=O) groups excluding carboxylic acids is 1. The molecule has 0 saturated carbocycles. The van der Waals surface area contributed by atoms with E-state index in [4.69, 9.17) is 4.74 Å². The van der Waals surface area contributed by atoms with E-state index in [1.54, 1.807) is 6.92 Å². The van der Waals surface area contributed by atoms with Crippen LogP contribution >= 0.6 is 0 Å². The predicted octanol–water partition coefficient (Wildman–Crippen LogP) is 2.14. The highest BCUT2D eigenvalue weighted by molar-refractivity contribution is 5.69. The van der Waals surface area contributed by atoms with Crippen LogP contribution in [0.2, 0.25) is 0 Å². The summed E-state index contributed by atoms with van der Waals surface area (Å²) in [5, 5.41) is 9.25. The van der Waals surface area contributed by atoms with Gasteiger partial charge in [-0.3, -0.25) is 4.79 Å². The Hall–Kier alpha value is -1.35. The first-order valence-electron chi connectivity index (χ1n) is 5.47. The van der Waals surface area contributed by atoms with E-state index in [0.717, 1.165) is 5.56 Å². The van der Waals surface area contributed by atoms with Gasteiger partial charge in [-0.1, -0.05) is 37.3 Å². The SMILES string of the molecule is CC(O)[C@H](C)CC(=O)OCc1ccccc1. The number of hydrogen-bond acceptors (Lipinski definition) is 3. The van der Waals surface area contributed by atoms with Gasteiger partial charge in [0.2, 0.25) is 0 Å². The molecule has 0 heterocycles. The number of hydrogen-bond donors (Lipinski definition) is 1. The summed E-state index contributed by atoms with van der Waals surface area (Å²) in [6, 6.07) is 9.54. The van der Waals surface area contributed by atoms with Crippen molar-refractivity contribution in [1.82, 2.24) is 0 Å². The minimum Gasteiger partial charge on any atom is -0.461 e. The molecule has 0 aliphatic rings. The van der Waals surface area contributed by atoms with Gasteiger partial charge in [0.15, 0.2) is 0 Å². The van der Waals surface area contributed by atoms with E-state index >= 15 is 0 Å². The normalized spacial score (nSPS) is 14.2. The molecule has 1 aromatic carbocycles. The van der Waals surface area contributed by atoms with Gasteiger partial charge in [0, 0.05) is 0 Å². The number of carbonyl (C=O) groups is 1. The van der Waals surface area contributed by atoms with E-state index < -0.39 is 6.10 Å². The minimum absolute atomic E-state index is 0.0664. The first kappa shape index (κ1) is 12.7.